The Morgan fingerprint density at radius 3 is 2.47 bits per heavy atom. The Hall–Kier alpha value is -2.53. The van der Waals surface area contributed by atoms with E-state index in [0.29, 0.717) is 16.5 Å². The normalized spacial score (nSPS) is 16.3. The van der Waals surface area contributed by atoms with Crippen molar-refractivity contribution in [1.82, 2.24) is 4.98 Å². The van der Waals surface area contributed by atoms with Crippen LogP contribution in [0.15, 0.2) is 52.4 Å². The van der Waals surface area contributed by atoms with Gasteiger partial charge in [-0.1, -0.05) is 33.8 Å². The summed E-state index contributed by atoms with van der Waals surface area (Å²) in [6, 6.07) is 12.0. The van der Waals surface area contributed by atoms with E-state index >= 15 is 0 Å². The molecule has 1 aromatic heterocycles. The van der Waals surface area contributed by atoms with E-state index in [4.69, 9.17) is 5.73 Å². The second-order valence-corrected chi connectivity index (χ2v) is 10.8. The lowest BCUT2D eigenvalue weighted by Gasteiger charge is -2.34. The molecule has 1 aliphatic heterocycles. The average Bonchev–Trinajstić information content (AvgIpc) is 2.81. The molecule has 0 amide bonds. The molecular formula is C27H37N3OS. The van der Waals surface area contributed by atoms with Crippen LogP contribution in [0.25, 0.3) is 10.9 Å². The number of fused-ring (bicyclic) bond motifs is 1. The van der Waals surface area contributed by atoms with Crippen molar-refractivity contribution < 1.29 is 4.21 Å². The maximum atomic E-state index is 14.2. The number of hydrogen-bond donors (Lipinski definition) is 1. The summed E-state index contributed by atoms with van der Waals surface area (Å²) in [5.74, 6) is 4.94. The molecule has 5 heteroatoms. The zero-order valence-electron chi connectivity index (χ0n) is 20.1. The van der Waals surface area contributed by atoms with Gasteiger partial charge in [0.1, 0.15) is 0 Å². The largest absolute Gasteiger partial charge is 0.399 e. The molecule has 0 aliphatic carbocycles. The molecule has 4 nitrogen and oxygen atoms in total. The standard InChI is InChI=1S/C25H31N3OS.C2H6/c1-5-19-6-9-23-21(15-19)25(28-12-10-17(2)11-13-28)24(16-27-23)30(4,29)20-7-8-22(26)18(3)14-20;1-2/h6-9,14-17H,4-5,10-13,26H2,1-3H3;1-2H3. The van der Waals surface area contributed by atoms with Crippen LogP contribution in [0.5, 0.6) is 0 Å². The van der Waals surface area contributed by atoms with Gasteiger partial charge in [-0.15, -0.1) is 0 Å². The van der Waals surface area contributed by atoms with E-state index < -0.39 is 9.52 Å². The quantitative estimate of drug-likeness (QED) is 0.385. The van der Waals surface area contributed by atoms with Crippen LogP contribution in [0.3, 0.4) is 0 Å². The molecular weight excluding hydrogens is 414 g/mol. The van der Waals surface area contributed by atoms with Gasteiger partial charge in [-0.3, -0.25) is 9.19 Å². The number of nitrogens with zero attached hydrogens (tertiary/aromatic N) is 2. The van der Waals surface area contributed by atoms with Crippen molar-refractivity contribution in [3.63, 3.8) is 0 Å². The second-order valence-electron chi connectivity index (χ2n) is 8.54. The maximum absolute atomic E-state index is 14.2. The molecule has 1 unspecified atom stereocenters. The van der Waals surface area contributed by atoms with Crippen molar-refractivity contribution in [2.24, 2.45) is 5.92 Å². The van der Waals surface area contributed by atoms with Crippen molar-refractivity contribution in [3.8, 4) is 0 Å². The Kier molecular flexibility index (Phi) is 7.50. The molecule has 4 rings (SSSR count). The number of hydrogen-bond acceptors (Lipinski definition) is 4. The predicted molar refractivity (Wildman–Crippen MR) is 140 cm³/mol. The fraction of sp³-hybridized carbons (Fsp3) is 0.407. The number of benzene rings is 2. The van der Waals surface area contributed by atoms with Gasteiger partial charge in [-0.25, -0.2) is 0 Å². The van der Waals surface area contributed by atoms with E-state index in [1.54, 1.807) is 6.20 Å². The van der Waals surface area contributed by atoms with Gasteiger partial charge < -0.3 is 10.6 Å². The van der Waals surface area contributed by atoms with Gasteiger partial charge in [0.25, 0.3) is 0 Å². The van der Waals surface area contributed by atoms with Crippen LogP contribution in [-0.2, 0) is 15.9 Å². The lowest BCUT2D eigenvalue weighted by molar-refractivity contribution is 0.438. The molecule has 0 saturated carbocycles. The molecule has 0 radical (unpaired) electrons. The van der Waals surface area contributed by atoms with Gasteiger partial charge in [0.2, 0.25) is 0 Å². The predicted octanol–water partition coefficient (Wildman–Crippen LogP) is 6.08. The van der Waals surface area contributed by atoms with E-state index in [1.165, 1.54) is 5.56 Å². The van der Waals surface area contributed by atoms with E-state index in [-0.39, 0.29) is 0 Å². The third-order valence-electron chi connectivity index (χ3n) is 6.36. The monoisotopic (exact) mass is 451 g/mol. The van der Waals surface area contributed by atoms with Gasteiger partial charge in [-0.05, 0) is 79.4 Å². The molecule has 0 bridgehead atoms. The molecule has 2 aromatic carbocycles. The van der Waals surface area contributed by atoms with E-state index in [2.05, 4.69) is 47.8 Å². The first-order valence-corrected chi connectivity index (χ1v) is 13.4. The van der Waals surface area contributed by atoms with Crippen LogP contribution < -0.4 is 10.6 Å². The second kappa shape index (κ2) is 9.95. The number of anilines is 2. The van der Waals surface area contributed by atoms with Gasteiger partial charge in [0.05, 0.1) is 16.1 Å². The lowest BCUT2D eigenvalue weighted by atomic mass is 9.98. The topological polar surface area (TPSA) is 59.2 Å². The average molecular weight is 452 g/mol. The van der Waals surface area contributed by atoms with Crippen LogP contribution in [0.2, 0.25) is 0 Å². The summed E-state index contributed by atoms with van der Waals surface area (Å²) in [6.45, 7) is 12.3. The zero-order chi connectivity index (χ0) is 23.5. The molecule has 172 valence electrons. The summed E-state index contributed by atoms with van der Waals surface area (Å²) in [4.78, 5) is 8.51. The molecule has 2 heterocycles. The number of piperidine rings is 1. The first kappa shape index (κ1) is 24.1. The van der Waals surface area contributed by atoms with Gasteiger partial charge in [0, 0.05) is 44.8 Å². The van der Waals surface area contributed by atoms with Crippen LogP contribution in [0.4, 0.5) is 11.4 Å². The van der Waals surface area contributed by atoms with Crippen molar-refractivity contribution in [3.05, 3.63) is 53.7 Å². The molecule has 1 aliphatic rings. The minimum absolute atomic E-state index is 0.698. The highest BCUT2D eigenvalue weighted by Gasteiger charge is 2.25. The first-order valence-electron chi connectivity index (χ1n) is 11.7. The third kappa shape index (κ3) is 4.63. The summed E-state index contributed by atoms with van der Waals surface area (Å²) >= 11 is 0. The van der Waals surface area contributed by atoms with Crippen molar-refractivity contribution >= 4 is 37.7 Å². The molecule has 2 N–H and O–H groups in total. The van der Waals surface area contributed by atoms with Gasteiger partial charge in [-0.2, -0.15) is 0 Å². The van der Waals surface area contributed by atoms with Gasteiger partial charge >= 0.3 is 0 Å². The van der Waals surface area contributed by atoms with Crippen molar-refractivity contribution in [1.29, 1.82) is 0 Å². The molecule has 3 aromatic rings. The smallest absolute Gasteiger partial charge is 0.0773 e. The van der Waals surface area contributed by atoms with Crippen molar-refractivity contribution in [2.45, 2.75) is 63.7 Å². The van der Waals surface area contributed by atoms with Crippen LogP contribution in [-0.4, -0.2) is 28.2 Å². The summed E-state index contributed by atoms with van der Waals surface area (Å²) < 4.78 is 14.2. The molecule has 1 fully saturated rings. The fourth-order valence-corrected chi connectivity index (χ4v) is 5.89. The number of aromatic nitrogens is 1. The number of nitrogens with two attached hydrogens (primary N) is 1. The fourth-order valence-electron chi connectivity index (χ4n) is 4.21. The molecule has 1 saturated heterocycles. The maximum Gasteiger partial charge on any atom is 0.0773 e. The summed E-state index contributed by atoms with van der Waals surface area (Å²) in [5.41, 5.74) is 10.8. The summed E-state index contributed by atoms with van der Waals surface area (Å²) in [7, 11) is -2.74. The lowest BCUT2D eigenvalue weighted by Crippen LogP contribution is -2.34. The Bertz CT molecular complexity index is 1190. The number of pyridine rings is 1. The van der Waals surface area contributed by atoms with Crippen LogP contribution in [0.1, 0.15) is 51.7 Å². The van der Waals surface area contributed by atoms with E-state index in [1.807, 2.05) is 39.0 Å². The minimum Gasteiger partial charge on any atom is -0.399 e. The highest BCUT2D eigenvalue weighted by Crippen LogP contribution is 2.38. The van der Waals surface area contributed by atoms with Crippen molar-refractivity contribution in [2.75, 3.05) is 23.7 Å². The third-order valence-corrected chi connectivity index (χ3v) is 8.38. The molecule has 0 spiro atoms. The molecule has 1 atom stereocenters. The van der Waals surface area contributed by atoms with Crippen LogP contribution in [0, 0.1) is 12.8 Å². The van der Waals surface area contributed by atoms with Gasteiger partial charge in [0.15, 0.2) is 0 Å². The Balaban J connectivity index is 0.00000141. The number of rotatable bonds is 4. The highest BCUT2D eigenvalue weighted by molar-refractivity contribution is 8.00. The Labute approximate surface area is 193 Å². The Morgan fingerprint density at radius 2 is 1.84 bits per heavy atom. The summed E-state index contributed by atoms with van der Waals surface area (Å²) in [6.07, 6.45) is 5.00. The zero-order valence-corrected chi connectivity index (χ0v) is 21.0. The first-order chi connectivity index (χ1) is 15.3. The Morgan fingerprint density at radius 1 is 1.16 bits per heavy atom. The van der Waals surface area contributed by atoms with Crippen LogP contribution >= 0.6 is 0 Å². The minimum atomic E-state index is -2.74. The molecule has 32 heavy (non-hydrogen) atoms. The summed E-state index contributed by atoms with van der Waals surface area (Å²) in [5, 5.41) is 1.07. The van der Waals surface area contributed by atoms with E-state index in [9.17, 15) is 4.21 Å². The highest BCUT2D eigenvalue weighted by atomic mass is 32.2. The number of nitrogen functional groups attached to an aromatic ring is 1. The SMILES string of the molecule is C=S(=O)(c1ccc(N)c(C)c1)c1cnc2ccc(CC)cc2c1N1CCC(C)CC1.CC. The number of aryl methyl sites for hydroxylation is 2. The van der Waals surface area contributed by atoms with E-state index in [0.717, 1.165) is 59.4 Å².